The van der Waals surface area contributed by atoms with Crippen LogP contribution in [0.25, 0.3) is 11.0 Å². The van der Waals surface area contributed by atoms with Crippen LogP contribution in [0.1, 0.15) is 5.56 Å². The minimum Gasteiger partial charge on any atom is -0.397 e. The summed E-state index contributed by atoms with van der Waals surface area (Å²) in [4.78, 5) is 27.9. The number of nitrogens with two attached hydrogens (primary N) is 2. The number of hydrogen-bond acceptors (Lipinski definition) is 7. The van der Waals surface area contributed by atoms with Crippen LogP contribution in [0, 0.1) is 11.3 Å². The largest absolute Gasteiger partial charge is 0.397 e. The summed E-state index contributed by atoms with van der Waals surface area (Å²) in [6.45, 7) is 0. The summed E-state index contributed by atoms with van der Waals surface area (Å²) in [6, 6.07) is 1.82. The molecule has 0 amide bonds. The van der Waals surface area contributed by atoms with Crippen LogP contribution in [0.15, 0.2) is 9.59 Å². The van der Waals surface area contributed by atoms with Crippen molar-refractivity contribution in [3.05, 3.63) is 26.4 Å². The van der Waals surface area contributed by atoms with E-state index in [9.17, 15) is 9.59 Å². The van der Waals surface area contributed by atoms with Crippen LogP contribution in [0.2, 0.25) is 0 Å². The van der Waals surface area contributed by atoms with Gasteiger partial charge in [-0.25, -0.2) is 15.6 Å². The second kappa shape index (κ2) is 4.11. The lowest BCUT2D eigenvalue weighted by Crippen LogP contribution is -2.38. The van der Waals surface area contributed by atoms with Crippen LogP contribution in [0.5, 0.6) is 0 Å². The molecule has 19 heavy (non-hydrogen) atoms. The average molecular weight is 261 g/mol. The van der Waals surface area contributed by atoms with E-state index in [1.54, 1.807) is 0 Å². The Kier molecular flexibility index (Phi) is 2.72. The number of nitrogens with one attached hydrogen (secondary N) is 1. The molecule has 0 atom stereocenters. The third-order valence-corrected chi connectivity index (χ3v) is 2.88. The third-order valence-electron chi connectivity index (χ3n) is 2.88. The number of aryl methyl sites for hydroxylation is 1. The van der Waals surface area contributed by atoms with Crippen LogP contribution >= 0.6 is 0 Å². The quantitative estimate of drug-likeness (QED) is 0.412. The maximum absolute atomic E-state index is 12.1. The first-order valence-electron chi connectivity index (χ1n) is 5.20. The second-order valence-electron chi connectivity index (χ2n) is 3.91. The number of rotatable bonds is 1. The van der Waals surface area contributed by atoms with Gasteiger partial charge in [-0.05, 0) is 0 Å². The van der Waals surface area contributed by atoms with Gasteiger partial charge in [-0.1, -0.05) is 0 Å². The number of fused-ring (bicyclic) bond motifs is 1. The molecule has 0 unspecified atom stereocenters. The molecule has 0 bridgehead atoms. The zero-order valence-corrected chi connectivity index (χ0v) is 10.3. The fraction of sp³-hybridized carbons (Fsp3) is 0.200. The number of hydrazine groups is 1. The number of nitrogen functional groups attached to an aromatic ring is 2. The molecule has 0 radical (unpaired) electrons. The molecular weight excluding hydrogens is 250 g/mol. The summed E-state index contributed by atoms with van der Waals surface area (Å²) in [5, 5.41) is 9.05. The highest BCUT2D eigenvalue weighted by Gasteiger charge is 2.18. The Balaban J connectivity index is 3.21. The topological polar surface area (TPSA) is 145 Å². The molecule has 2 rings (SSSR count). The van der Waals surface area contributed by atoms with Crippen LogP contribution in [0.3, 0.4) is 0 Å². The Morgan fingerprint density at radius 1 is 1.32 bits per heavy atom. The molecule has 2 aromatic rings. The molecule has 0 saturated carbocycles. The van der Waals surface area contributed by atoms with E-state index in [1.807, 2.05) is 6.07 Å². The van der Waals surface area contributed by atoms with E-state index >= 15 is 0 Å². The predicted molar refractivity (Wildman–Crippen MR) is 69.2 cm³/mol. The van der Waals surface area contributed by atoms with Gasteiger partial charge < -0.3 is 11.2 Å². The Bertz CT molecular complexity index is 840. The smallest absolute Gasteiger partial charge is 0.332 e. The highest BCUT2D eigenvalue weighted by Crippen LogP contribution is 2.24. The molecule has 0 aliphatic heterocycles. The number of nitriles is 1. The molecule has 9 nitrogen and oxygen atoms in total. The van der Waals surface area contributed by atoms with Crippen molar-refractivity contribution >= 4 is 22.5 Å². The summed E-state index contributed by atoms with van der Waals surface area (Å²) >= 11 is 0. The Morgan fingerprint density at radius 3 is 2.47 bits per heavy atom. The Hall–Kier alpha value is -2.86. The summed E-state index contributed by atoms with van der Waals surface area (Å²) < 4.78 is 2.06. The minimum absolute atomic E-state index is 0.00996. The van der Waals surface area contributed by atoms with Gasteiger partial charge in [-0.2, -0.15) is 5.26 Å². The highest BCUT2D eigenvalue weighted by atomic mass is 16.2. The molecule has 98 valence electrons. The molecule has 5 N–H and O–H groups in total. The van der Waals surface area contributed by atoms with Crippen molar-refractivity contribution in [2.45, 2.75) is 0 Å². The van der Waals surface area contributed by atoms with Crippen molar-refractivity contribution in [1.29, 1.82) is 5.26 Å². The number of anilines is 2. The van der Waals surface area contributed by atoms with Crippen molar-refractivity contribution < 1.29 is 0 Å². The molecule has 2 heterocycles. The molecule has 2 aromatic heterocycles. The predicted octanol–water partition coefficient (Wildman–Crippen LogP) is -1.63. The van der Waals surface area contributed by atoms with Crippen molar-refractivity contribution in [3.8, 4) is 6.07 Å². The van der Waals surface area contributed by atoms with E-state index in [0.717, 1.165) is 9.13 Å². The van der Waals surface area contributed by atoms with Gasteiger partial charge in [0.05, 0.1) is 5.69 Å². The first-order valence-corrected chi connectivity index (χ1v) is 5.20. The van der Waals surface area contributed by atoms with E-state index in [-0.39, 0.29) is 28.1 Å². The van der Waals surface area contributed by atoms with Crippen LogP contribution in [0.4, 0.5) is 11.5 Å². The van der Waals surface area contributed by atoms with Gasteiger partial charge in [-0.3, -0.25) is 13.9 Å². The number of pyridine rings is 1. The van der Waals surface area contributed by atoms with E-state index in [0.29, 0.717) is 0 Å². The highest BCUT2D eigenvalue weighted by molar-refractivity contribution is 5.93. The van der Waals surface area contributed by atoms with Crippen molar-refractivity contribution in [2.24, 2.45) is 19.9 Å². The lowest BCUT2D eigenvalue weighted by molar-refractivity contribution is 0.708. The summed E-state index contributed by atoms with van der Waals surface area (Å²) in [5.41, 5.74) is 6.85. The van der Waals surface area contributed by atoms with Gasteiger partial charge in [0.25, 0.3) is 5.56 Å². The molecule has 0 aliphatic rings. The minimum atomic E-state index is -0.608. The Labute approximate surface area is 106 Å². The van der Waals surface area contributed by atoms with Crippen LogP contribution < -0.4 is 28.3 Å². The number of aromatic nitrogens is 3. The Morgan fingerprint density at radius 2 is 1.95 bits per heavy atom. The van der Waals surface area contributed by atoms with E-state index in [4.69, 9.17) is 16.8 Å². The molecule has 0 aliphatic carbocycles. The zero-order chi connectivity index (χ0) is 14.3. The maximum Gasteiger partial charge on any atom is 0.332 e. The van der Waals surface area contributed by atoms with E-state index in [1.165, 1.54) is 14.1 Å². The standard InChI is InChI=1S/C10H11N7O2/c1-16-8-5(9(18)17(2)10(16)19)6(12)4(3-11)7(14-8)15-13/h13H2,1-2H3,(H3,12,14,15). The van der Waals surface area contributed by atoms with Crippen molar-refractivity contribution in [2.75, 3.05) is 11.2 Å². The fourth-order valence-corrected chi connectivity index (χ4v) is 1.83. The molecule has 0 aromatic carbocycles. The average Bonchev–Trinajstić information content (AvgIpc) is 2.41. The summed E-state index contributed by atoms with van der Waals surface area (Å²) in [7, 11) is 2.77. The molecule has 0 fully saturated rings. The molecule has 9 heteroatoms. The van der Waals surface area contributed by atoms with Gasteiger partial charge in [0.2, 0.25) is 0 Å². The van der Waals surface area contributed by atoms with Gasteiger partial charge in [0.1, 0.15) is 17.0 Å². The zero-order valence-electron chi connectivity index (χ0n) is 10.3. The molecule has 0 saturated heterocycles. The molecular formula is C10H11N7O2. The van der Waals surface area contributed by atoms with Gasteiger partial charge in [-0.15, -0.1) is 0 Å². The first kappa shape index (κ1) is 12.6. The fourth-order valence-electron chi connectivity index (χ4n) is 1.83. The SMILES string of the molecule is Cn1c(=O)c2c(N)c(C#N)c(NN)nc2n(C)c1=O. The molecule has 0 spiro atoms. The van der Waals surface area contributed by atoms with Gasteiger partial charge in [0.15, 0.2) is 11.5 Å². The van der Waals surface area contributed by atoms with E-state index in [2.05, 4.69) is 10.4 Å². The maximum atomic E-state index is 12.1. The second-order valence-corrected chi connectivity index (χ2v) is 3.91. The number of nitrogens with zero attached hydrogens (tertiary/aromatic N) is 4. The van der Waals surface area contributed by atoms with Crippen molar-refractivity contribution in [3.63, 3.8) is 0 Å². The van der Waals surface area contributed by atoms with Crippen LogP contribution in [-0.2, 0) is 14.1 Å². The third kappa shape index (κ3) is 1.54. The van der Waals surface area contributed by atoms with Crippen molar-refractivity contribution in [1.82, 2.24) is 14.1 Å². The van der Waals surface area contributed by atoms with Gasteiger partial charge in [0, 0.05) is 14.1 Å². The monoisotopic (exact) mass is 261 g/mol. The lowest BCUT2D eigenvalue weighted by atomic mass is 10.1. The number of hydrogen-bond donors (Lipinski definition) is 3. The lowest BCUT2D eigenvalue weighted by Gasteiger charge is -2.11. The summed E-state index contributed by atoms with van der Waals surface area (Å²) in [6.07, 6.45) is 0. The van der Waals surface area contributed by atoms with Gasteiger partial charge >= 0.3 is 5.69 Å². The van der Waals surface area contributed by atoms with E-state index < -0.39 is 11.2 Å². The van der Waals surface area contributed by atoms with Crippen LogP contribution in [-0.4, -0.2) is 14.1 Å². The first-order chi connectivity index (χ1) is 8.93. The summed E-state index contributed by atoms with van der Waals surface area (Å²) in [5.74, 6) is 5.26. The normalized spacial score (nSPS) is 10.4.